The van der Waals surface area contributed by atoms with Crippen LogP contribution in [0.1, 0.15) is 15.2 Å². The topological polar surface area (TPSA) is 100 Å². The number of nitriles is 1. The third kappa shape index (κ3) is 2.87. The highest BCUT2D eigenvalue weighted by Crippen LogP contribution is 2.34. The highest BCUT2D eigenvalue weighted by Gasteiger charge is 2.19. The van der Waals surface area contributed by atoms with Crippen LogP contribution in [0.2, 0.25) is 0 Å². The number of rotatable bonds is 5. The fourth-order valence-electron chi connectivity index (χ4n) is 1.23. The molecule has 92 valence electrons. The molecule has 6 nitrogen and oxygen atoms in total. The Morgan fingerprint density at radius 2 is 2.35 bits per heavy atom. The second kappa shape index (κ2) is 6.08. The van der Waals surface area contributed by atoms with Crippen LogP contribution in [0.3, 0.4) is 0 Å². The summed E-state index contributed by atoms with van der Waals surface area (Å²) in [5.74, 6) is -0.288. The summed E-state index contributed by atoms with van der Waals surface area (Å²) >= 11 is 1.17. The van der Waals surface area contributed by atoms with Crippen molar-refractivity contribution in [2.45, 2.75) is 0 Å². The molecule has 0 aliphatic heterocycles. The number of nitrogens with two attached hydrogens (primary N) is 1. The van der Waals surface area contributed by atoms with Crippen LogP contribution in [0.25, 0.3) is 0 Å². The van der Waals surface area contributed by atoms with E-state index < -0.39 is 0 Å². The molecule has 0 fully saturated rings. The summed E-state index contributed by atoms with van der Waals surface area (Å²) in [7, 11) is 3.11. The number of amides is 1. The molecule has 0 saturated carbocycles. The van der Waals surface area contributed by atoms with Gasteiger partial charge in [0.2, 0.25) is 0 Å². The van der Waals surface area contributed by atoms with Crippen molar-refractivity contribution >= 4 is 27.9 Å². The van der Waals surface area contributed by atoms with Crippen molar-refractivity contribution < 1.29 is 9.53 Å². The number of hydrogen-bond acceptors (Lipinski definition) is 6. The average Bonchev–Trinajstić information content (AvgIpc) is 2.65. The van der Waals surface area contributed by atoms with Gasteiger partial charge in [-0.25, -0.2) is 0 Å². The fourth-order valence-corrected chi connectivity index (χ4v) is 2.27. The standard InChI is InChI=1S/C10H14N4O2S/c1-13-9(15)8-7(12)6(5-11)10(17-8)14-3-4-16-2/h14H,3-4,12H2,1-2H3,(H,13,15). The summed E-state index contributed by atoms with van der Waals surface area (Å²) in [5, 5.41) is 15.1. The van der Waals surface area contributed by atoms with E-state index in [1.165, 1.54) is 18.4 Å². The van der Waals surface area contributed by atoms with E-state index in [0.717, 1.165) is 0 Å². The van der Waals surface area contributed by atoms with Crippen LogP contribution in [-0.2, 0) is 4.74 Å². The average molecular weight is 254 g/mol. The Labute approximate surface area is 103 Å². The maximum Gasteiger partial charge on any atom is 0.263 e. The van der Waals surface area contributed by atoms with Crippen molar-refractivity contribution in [1.82, 2.24) is 5.32 Å². The zero-order valence-corrected chi connectivity index (χ0v) is 10.5. The first kappa shape index (κ1) is 13.3. The Kier molecular flexibility index (Phi) is 4.75. The SMILES string of the molecule is CNC(=O)c1sc(NCCOC)c(C#N)c1N. The fraction of sp³-hybridized carbons (Fsp3) is 0.400. The lowest BCUT2D eigenvalue weighted by Crippen LogP contribution is -2.17. The molecule has 1 rings (SSSR count). The van der Waals surface area contributed by atoms with Gasteiger partial charge >= 0.3 is 0 Å². The van der Waals surface area contributed by atoms with Gasteiger partial charge in [-0.1, -0.05) is 0 Å². The molecular weight excluding hydrogens is 240 g/mol. The molecule has 0 aliphatic rings. The molecule has 0 saturated heterocycles. The van der Waals surface area contributed by atoms with Gasteiger partial charge in [-0.2, -0.15) is 5.26 Å². The third-order valence-electron chi connectivity index (χ3n) is 2.08. The van der Waals surface area contributed by atoms with Crippen LogP contribution in [0, 0.1) is 11.3 Å². The van der Waals surface area contributed by atoms with Gasteiger partial charge in [0, 0.05) is 20.7 Å². The molecular formula is C10H14N4O2S. The maximum atomic E-state index is 11.5. The minimum atomic E-state index is -0.288. The predicted molar refractivity (Wildman–Crippen MR) is 67.2 cm³/mol. The molecule has 0 radical (unpaired) electrons. The zero-order chi connectivity index (χ0) is 12.8. The molecule has 0 unspecified atom stereocenters. The smallest absolute Gasteiger partial charge is 0.263 e. The minimum Gasteiger partial charge on any atom is -0.396 e. The number of methoxy groups -OCH3 is 1. The van der Waals surface area contributed by atoms with Gasteiger partial charge in [-0.15, -0.1) is 11.3 Å². The number of anilines is 2. The van der Waals surface area contributed by atoms with Crippen LogP contribution in [0.5, 0.6) is 0 Å². The minimum absolute atomic E-state index is 0.219. The Morgan fingerprint density at radius 1 is 1.65 bits per heavy atom. The number of thiophene rings is 1. The Morgan fingerprint density at radius 3 is 2.88 bits per heavy atom. The number of carbonyl (C=O) groups is 1. The van der Waals surface area contributed by atoms with Crippen LogP contribution in [-0.4, -0.2) is 33.2 Å². The van der Waals surface area contributed by atoms with Crippen molar-refractivity contribution in [2.75, 3.05) is 38.4 Å². The lowest BCUT2D eigenvalue weighted by molar-refractivity contribution is 0.0968. The van der Waals surface area contributed by atoms with Crippen LogP contribution >= 0.6 is 11.3 Å². The number of ether oxygens (including phenoxy) is 1. The van der Waals surface area contributed by atoms with Gasteiger partial charge in [0.1, 0.15) is 21.5 Å². The Bertz CT molecular complexity index is 450. The first-order valence-corrected chi connectivity index (χ1v) is 5.74. The van der Waals surface area contributed by atoms with Gasteiger partial charge in [0.05, 0.1) is 12.3 Å². The second-order valence-corrected chi connectivity index (χ2v) is 4.18. The van der Waals surface area contributed by atoms with Crippen LogP contribution in [0.15, 0.2) is 0 Å². The molecule has 1 aromatic rings. The molecule has 4 N–H and O–H groups in total. The second-order valence-electron chi connectivity index (χ2n) is 3.16. The van der Waals surface area contributed by atoms with Crippen molar-refractivity contribution in [2.24, 2.45) is 0 Å². The van der Waals surface area contributed by atoms with Crippen LogP contribution in [0.4, 0.5) is 10.7 Å². The van der Waals surface area contributed by atoms with E-state index >= 15 is 0 Å². The largest absolute Gasteiger partial charge is 0.396 e. The molecule has 0 atom stereocenters. The molecule has 1 aromatic heterocycles. The molecule has 0 aliphatic carbocycles. The maximum absolute atomic E-state index is 11.5. The number of carbonyl (C=O) groups excluding carboxylic acids is 1. The summed E-state index contributed by atoms with van der Waals surface area (Å²) in [6.45, 7) is 1.07. The Hall–Kier alpha value is -1.78. The summed E-state index contributed by atoms with van der Waals surface area (Å²) in [6, 6.07) is 1.99. The third-order valence-corrected chi connectivity index (χ3v) is 3.24. The lowest BCUT2D eigenvalue weighted by atomic mass is 10.2. The predicted octanol–water partition coefficient (Wildman–Crippen LogP) is 0.620. The van der Waals surface area contributed by atoms with Gasteiger partial charge in [0.15, 0.2) is 0 Å². The number of nitrogen functional groups attached to an aromatic ring is 1. The molecule has 0 aromatic carbocycles. The molecule has 1 amide bonds. The van der Waals surface area contributed by atoms with E-state index in [2.05, 4.69) is 10.6 Å². The number of nitrogens with zero attached hydrogens (tertiary/aromatic N) is 1. The summed E-state index contributed by atoms with van der Waals surface area (Å²) in [5.41, 5.74) is 6.28. The van der Waals surface area contributed by atoms with E-state index in [0.29, 0.717) is 28.6 Å². The Balaban J connectivity index is 2.98. The van der Waals surface area contributed by atoms with E-state index in [-0.39, 0.29) is 11.6 Å². The van der Waals surface area contributed by atoms with Gasteiger partial charge in [-0.3, -0.25) is 4.79 Å². The van der Waals surface area contributed by atoms with Gasteiger partial charge < -0.3 is 21.1 Å². The summed E-state index contributed by atoms with van der Waals surface area (Å²) in [6.07, 6.45) is 0. The van der Waals surface area contributed by atoms with Crippen LogP contribution < -0.4 is 16.4 Å². The van der Waals surface area contributed by atoms with E-state index in [1.807, 2.05) is 6.07 Å². The zero-order valence-electron chi connectivity index (χ0n) is 9.66. The van der Waals surface area contributed by atoms with Gasteiger partial charge in [0.25, 0.3) is 5.91 Å². The number of hydrogen-bond donors (Lipinski definition) is 3. The monoisotopic (exact) mass is 254 g/mol. The molecule has 17 heavy (non-hydrogen) atoms. The highest BCUT2D eigenvalue weighted by molar-refractivity contribution is 7.18. The lowest BCUT2D eigenvalue weighted by Gasteiger charge is -2.02. The highest BCUT2D eigenvalue weighted by atomic mass is 32.1. The number of nitrogens with one attached hydrogen (secondary N) is 2. The van der Waals surface area contributed by atoms with Crippen molar-refractivity contribution in [3.05, 3.63) is 10.4 Å². The van der Waals surface area contributed by atoms with E-state index in [9.17, 15) is 4.79 Å². The summed E-state index contributed by atoms with van der Waals surface area (Å²) in [4.78, 5) is 11.9. The van der Waals surface area contributed by atoms with Crippen molar-refractivity contribution in [1.29, 1.82) is 5.26 Å². The first-order chi connectivity index (χ1) is 8.15. The normalized spacial score (nSPS) is 9.71. The summed E-state index contributed by atoms with van der Waals surface area (Å²) < 4.78 is 4.89. The molecule has 1 heterocycles. The first-order valence-electron chi connectivity index (χ1n) is 4.93. The van der Waals surface area contributed by atoms with Crippen molar-refractivity contribution in [3.63, 3.8) is 0 Å². The van der Waals surface area contributed by atoms with E-state index in [1.54, 1.807) is 7.11 Å². The van der Waals surface area contributed by atoms with Crippen molar-refractivity contribution in [3.8, 4) is 6.07 Å². The van der Waals surface area contributed by atoms with Gasteiger partial charge in [-0.05, 0) is 0 Å². The quantitative estimate of drug-likeness (QED) is 0.669. The molecule has 7 heteroatoms. The van der Waals surface area contributed by atoms with E-state index in [4.69, 9.17) is 15.7 Å². The molecule has 0 bridgehead atoms. The molecule has 0 spiro atoms.